The van der Waals surface area contributed by atoms with Gasteiger partial charge in [0.1, 0.15) is 5.56 Å². The zero-order valence-corrected chi connectivity index (χ0v) is 12.8. The summed E-state index contributed by atoms with van der Waals surface area (Å²) in [7, 11) is -1.03. The molecular formula is C13H15F3N2O3S. The summed E-state index contributed by atoms with van der Waals surface area (Å²) < 4.78 is 50.9. The predicted molar refractivity (Wildman–Crippen MR) is 77.4 cm³/mol. The van der Waals surface area contributed by atoms with Crippen LogP contribution in [0.25, 0.3) is 0 Å². The van der Waals surface area contributed by atoms with Crippen molar-refractivity contribution in [2.24, 2.45) is 0 Å². The maximum Gasteiger partial charge on any atom is 0.423 e. The molecule has 2 rings (SSSR count). The third kappa shape index (κ3) is 3.23. The SMILES string of the molecule is CC1CN(c2ccc([N+](=O)[O-])c(C(F)(F)F)c2)CC(C)S1=O. The van der Waals surface area contributed by atoms with Crippen molar-refractivity contribution in [1.82, 2.24) is 0 Å². The Hall–Kier alpha value is -1.64. The molecule has 0 radical (unpaired) electrons. The van der Waals surface area contributed by atoms with Gasteiger partial charge in [-0.25, -0.2) is 0 Å². The Kier molecular flexibility index (Phi) is 4.46. The molecule has 2 unspecified atom stereocenters. The van der Waals surface area contributed by atoms with E-state index in [-0.39, 0.29) is 16.2 Å². The molecule has 0 saturated carbocycles. The van der Waals surface area contributed by atoms with Crippen LogP contribution in [0.3, 0.4) is 0 Å². The fraction of sp³-hybridized carbons (Fsp3) is 0.538. The maximum atomic E-state index is 13.0. The van der Waals surface area contributed by atoms with Crippen LogP contribution in [-0.2, 0) is 17.0 Å². The monoisotopic (exact) mass is 336 g/mol. The molecule has 9 heteroatoms. The van der Waals surface area contributed by atoms with E-state index in [1.165, 1.54) is 6.07 Å². The molecule has 0 spiro atoms. The second-order valence-electron chi connectivity index (χ2n) is 5.31. The van der Waals surface area contributed by atoms with Gasteiger partial charge in [0, 0.05) is 46.1 Å². The van der Waals surface area contributed by atoms with Crippen molar-refractivity contribution in [2.45, 2.75) is 30.5 Å². The molecule has 1 aromatic rings. The van der Waals surface area contributed by atoms with Crippen molar-refractivity contribution >= 4 is 22.2 Å². The van der Waals surface area contributed by atoms with Crippen LogP contribution in [0.4, 0.5) is 24.5 Å². The highest BCUT2D eigenvalue weighted by Gasteiger charge is 2.39. The van der Waals surface area contributed by atoms with Gasteiger partial charge in [0.05, 0.1) is 4.92 Å². The summed E-state index contributed by atoms with van der Waals surface area (Å²) in [6.45, 7) is 4.25. The van der Waals surface area contributed by atoms with Gasteiger partial charge in [-0.15, -0.1) is 0 Å². The van der Waals surface area contributed by atoms with Gasteiger partial charge in [-0.1, -0.05) is 0 Å². The summed E-state index contributed by atoms with van der Waals surface area (Å²) in [4.78, 5) is 11.4. The summed E-state index contributed by atoms with van der Waals surface area (Å²) in [6.07, 6.45) is -4.80. The summed E-state index contributed by atoms with van der Waals surface area (Å²) in [5, 5.41) is 10.4. The lowest BCUT2D eigenvalue weighted by molar-refractivity contribution is -0.388. The average molecular weight is 336 g/mol. The normalized spacial score (nSPS) is 26.0. The minimum Gasteiger partial charge on any atom is -0.369 e. The van der Waals surface area contributed by atoms with E-state index in [4.69, 9.17) is 0 Å². The van der Waals surface area contributed by atoms with E-state index in [0.717, 1.165) is 12.1 Å². The van der Waals surface area contributed by atoms with E-state index in [2.05, 4.69) is 0 Å². The summed E-state index contributed by atoms with van der Waals surface area (Å²) in [5.41, 5.74) is -1.96. The molecule has 1 aliphatic rings. The van der Waals surface area contributed by atoms with Gasteiger partial charge in [-0.2, -0.15) is 13.2 Å². The fourth-order valence-electron chi connectivity index (χ4n) is 2.56. The molecule has 2 atom stereocenters. The largest absolute Gasteiger partial charge is 0.423 e. The molecule has 1 heterocycles. The Morgan fingerprint density at radius 1 is 1.27 bits per heavy atom. The van der Waals surface area contributed by atoms with Crippen LogP contribution < -0.4 is 4.90 Å². The standard InChI is InChI=1S/C13H15F3N2O3S/c1-8-6-17(7-9(2)22(8)21)10-3-4-12(18(19)20)11(5-10)13(14,15)16/h3-5,8-9H,6-7H2,1-2H3. The Balaban J connectivity index is 2.41. The lowest BCUT2D eigenvalue weighted by Crippen LogP contribution is -2.47. The van der Waals surface area contributed by atoms with E-state index in [1.54, 1.807) is 18.7 Å². The van der Waals surface area contributed by atoms with Crippen molar-refractivity contribution in [1.29, 1.82) is 0 Å². The molecular weight excluding hydrogens is 321 g/mol. The first-order chi connectivity index (χ1) is 10.1. The van der Waals surface area contributed by atoms with Gasteiger partial charge < -0.3 is 4.90 Å². The van der Waals surface area contributed by atoms with Crippen LogP contribution in [0, 0.1) is 10.1 Å². The predicted octanol–water partition coefficient (Wildman–Crippen LogP) is 2.96. The van der Waals surface area contributed by atoms with E-state index >= 15 is 0 Å². The van der Waals surface area contributed by atoms with Crippen molar-refractivity contribution in [3.63, 3.8) is 0 Å². The van der Waals surface area contributed by atoms with E-state index in [1.807, 2.05) is 0 Å². The highest BCUT2D eigenvalue weighted by atomic mass is 32.2. The Labute approximate surface area is 127 Å². The number of nitro groups is 1. The molecule has 0 bridgehead atoms. The maximum absolute atomic E-state index is 13.0. The van der Waals surface area contributed by atoms with Gasteiger partial charge in [-0.05, 0) is 26.0 Å². The second-order valence-corrected chi connectivity index (χ2v) is 7.58. The van der Waals surface area contributed by atoms with E-state index in [9.17, 15) is 27.5 Å². The van der Waals surface area contributed by atoms with Crippen LogP contribution in [0.5, 0.6) is 0 Å². The zero-order chi connectivity index (χ0) is 16.7. The number of anilines is 1. The molecule has 0 aromatic heterocycles. The lowest BCUT2D eigenvalue weighted by Gasteiger charge is -2.36. The zero-order valence-electron chi connectivity index (χ0n) is 12.0. The minimum absolute atomic E-state index is 0.173. The van der Waals surface area contributed by atoms with Gasteiger partial charge in [0.2, 0.25) is 0 Å². The van der Waals surface area contributed by atoms with Gasteiger partial charge in [-0.3, -0.25) is 14.3 Å². The summed E-state index contributed by atoms with van der Waals surface area (Å²) >= 11 is 0. The summed E-state index contributed by atoms with van der Waals surface area (Å²) in [5.74, 6) is 0. The first-order valence-electron chi connectivity index (χ1n) is 6.61. The quantitative estimate of drug-likeness (QED) is 0.615. The fourth-order valence-corrected chi connectivity index (χ4v) is 4.00. The van der Waals surface area contributed by atoms with Crippen LogP contribution in [0.1, 0.15) is 19.4 Å². The van der Waals surface area contributed by atoms with Gasteiger partial charge >= 0.3 is 6.18 Å². The number of hydrogen-bond acceptors (Lipinski definition) is 4. The number of rotatable bonds is 2. The first kappa shape index (κ1) is 16.7. The van der Waals surface area contributed by atoms with E-state index < -0.39 is 33.2 Å². The van der Waals surface area contributed by atoms with Crippen LogP contribution >= 0.6 is 0 Å². The number of alkyl halides is 3. The highest BCUT2D eigenvalue weighted by Crippen LogP contribution is 2.38. The number of nitrogens with zero attached hydrogens (tertiary/aromatic N) is 2. The molecule has 1 aliphatic heterocycles. The molecule has 22 heavy (non-hydrogen) atoms. The van der Waals surface area contributed by atoms with Crippen molar-refractivity contribution in [3.8, 4) is 0 Å². The third-order valence-electron chi connectivity index (χ3n) is 3.60. The number of nitro benzene ring substituents is 1. The molecule has 5 nitrogen and oxygen atoms in total. The topological polar surface area (TPSA) is 63.4 Å². The molecule has 0 aliphatic carbocycles. The lowest BCUT2D eigenvalue weighted by atomic mass is 10.1. The first-order valence-corrected chi connectivity index (χ1v) is 7.89. The Bertz CT molecular complexity index is 607. The molecule has 122 valence electrons. The van der Waals surface area contributed by atoms with Crippen LogP contribution in [-0.4, -0.2) is 32.7 Å². The third-order valence-corrected chi connectivity index (χ3v) is 5.48. The van der Waals surface area contributed by atoms with Gasteiger partial charge in [0.15, 0.2) is 0 Å². The summed E-state index contributed by atoms with van der Waals surface area (Å²) in [6, 6.07) is 2.98. The van der Waals surface area contributed by atoms with Crippen molar-refractivity contribution in [3.05, 3.63) is 33.9 Å². The van der Waals surface area contributed by atoms with Crippen molar-refractivity contribution < 1.29 is 22.3 Å². The molecule has 1 aromatic carbocycles. The molecule has 0 amide bonds. The molecule has 1 fully saturated rings. The van der Waals surface area contributed by atoms with Crippen LogP contribution in [0.2, 0.25) is 0 Å². The highest BCUT2D eigenvalue weighted by molar-refractivity contribution is 7.86. The number of hydrogen-bond donors (Lipinski definition) is 0. The number of halogens is 3. The van der Waals surface area contributed by atoms with Gasteiger partial charge in [0.25, 0.3) is 5.69 Å². The minimum atomic E-state index is -4.80. The smallest absolute Gasteiger partial charge is 0.369 e. The Morgan fingerprint density at radius 3 is 2.27 bits per heavy atom. The average Bonchev–Trinajstić information content (AvgIpc) is 2.42. The Morgan fingerprint density at radius 2 is 1.82 bits per heavy atom. The number of benzene rings is 1. The second kappa shape index (κ2) is 5.86. The van der Waals surface area contributed by atoms with E-state index in [0.29, 0.717) is 13.1 Å². The van der Waals surface area contributed by atoms with Crippen LogP contribution in [0.15, 0.2) is 18.2 Å². The molecule has 0 N–H and O–H groups in total. The molecule has 1 saturated heterocycles. The van der Waals surface area contributed by atoms with Crippen molar-refractivity contribution in [2.75, 3.05) is 18.0 Å².